The molecule has 0 aliphatic heterocycles. The number of halogens is 1. The summed E-state index contributed by atoms with van der Waals surface area (Å²) < 4.78 is 13.9. The lowest BCUT2D eigenvalue weighted by Gasteiger charge is -2.06. The number of hydrogen-bond acceptors (Lipinski definition) is 0. The Balaban J connectivity index is 2.92. The fraction of sp³-hybridized carbons (Fsp3) is 0.0769. The fourth-order valence-electron chi connectivity index (χ4n) is 1.70. The molecule has 0 nitrogen and oxygen atoms in total. The van der Waals surface area contributed by atoms with Gasteiger partial charge in [-0.1, -0.05) is 43.0 Å². The van der Waals surface area contributed by atoms with Crippen LogP contribution in [0.4, 0.5) is 4.39 Å². The van der Waals surface area contributed by atoms with Crippen LogP contribution in [0.15, 0.2) is 36.9 Å². The van der Waals surface area contributed by atoms with E-state index in [4.69, 9.17) is 0 Å². The first-order chi connectivity index (χ1) is 6.74. The van der Waals surface area contributed by atoms with Gasteiger partial charge >= 0.3 is 0 Å². The summed E-state index contributed by atoms with van der Waals surface area (Å²) in [6.45, 7) is 5.51. The van der Waals surface area contributed by atoms with Gasteiger partial charge < -0.3 is 0 Å². The molecular weight excluding hydrogens is 175 g/mol. The van der Waals surface area contributed by atoms with Crippen molar-refractivity contribution in [3.8, 4) is 0 Å². The Kier molecular flexibility index (Phi) is 2.08. The molecule has 2 aromatic rings. The van der Waals surface area contributed by atoms with E-state index >= 15 is 0 Å². The van der Waals surface area contributed by atoms with Crippen LogP contribution in [-0.4, -0.2) is 0 Å². The minimum atomic E-state index is -0.171. The largest absolute Gasteiger partial charge is 0.206 e. The van der Waals surface area contributed by atoms with Crippen LogP contribution in [0.3, 0.4) is 0 Å². The van der Waals surface area contributed by atoms with Gasteiger partial charge in [-0.3, -0.25) is 0 Å². The molecule has 0 bridgehead atoms. The van der Waals surface area contributed by atoms with Crippen molar-refractivity contribution in [3.05, 3.63) is 53.9 Å². The summed E-state index contributed by atoms with van der Waals surface area (Å²) >= 11 is 0. The first kappa shape index (κ1) is 8.95. The topological polar surface area (TPSA) is 0 Å². The predicted molar refractivity (Wildman–Crippen MR) is 58.7 cm³/mol. The van der Waals surface area contributed by atoms with Gasteiger partial charge in [-0.25, -0.2) is 4.39 Å². The van der Waals surface area contributed by atoms with Gasteiger partial charge in [0.1, 0.15) is 5.82 Å². The molecule has 70 valence electrons. The Hall–Kier alpha value is -1.63. The zero-order valence-electron chi connectivity index (χ0n) is 8.05. The van der Waals surface area contributed by atoms with Crippen molar-refractivity contribution in [1.82, 2.24) is 0 Å². The van der Waals surface area contributed by atoms with Crippen molar-refractivity contribution in [2.45, 2.75) is 6.92 Å². The molecule has 0 aromatic heterocycles. The third-order valence-electron chi connectivity index (χ3n) is 2.43. The second-order valence-corrected chi connectivity index (χ2v) is 3.35. The molecule has 0 aliphatic carbocycles. The summed E-state index contributed by atoms with van der Waals surface area (Å²) in [5, 5.41) is 1.60. The Morgan fingerprint density at radius 1 is 1.29 bits per heavy atom. The number of rotatable bonds is 1. The summed E-state index contributed by atoms with van der Waals surface area (Å²) in [7, 11) is 0. The van der Waals surface area contributed by atoms with Crippen LogP contribution in [0.25, 0.3) is 16.8 Å². The van der Waals surface area contributed by atoms with E-state index in [1.807, 2.05) is 31.2 Å². The van der Waals surface area contributed by atoms with E-state index in [2.05, 4.69) is 6.58 Å². The van der Waals surface area contributed by atoms with Crippen LogP contribution in [0.1, 0.15) is 11.1 Å². The van der Waals surface area contributed by atoms with Gasteiger partial charge in [0, 0.05) is 10.9 Å². The smallest absolute Gasteiger partial charge is 0.138 e. The molecule has 0 atom stereocenters. The summed E-state index contributed by atoms with van der Waals surface area (Å²) in [5.74, 6) is -0.171. The van der Waals surface area contributed by atoms with Crippen molar-refractivity contribution in [1.29, 1.82) is 0 Å². The van der Waals surface area contributed by atoms with Crippen LogP contribution >= 0.6 is 0 Å². The van der Waals surface area contributed by atoms with E-state index in [0.717, 1.165) is 10.9 Å². The monoisotopic (exact) mass is 186 g/mol. The van der Waals surface area contributed by atoms with Gasteiger partial charge in [-0.2, -0.15) is 0 Å². The first-order valence-corrected chi connectivity index (χ1v) is 4.54. The van der Waals surface area contributed by atoms with Crippen molar-refractivity contribution >= 4 is 16.8 Å². The van der Waals surface area contributed by atoms with Crippen molar-refractivity contribution in [3.63, 3.8) is 0 Å². The van der Waals surface area contributed by atoms with E-state index in [1.54, 1.807) is 12.1 Å². The summed E-state index contributed by atoms with van der Waals surface area (Å²) in [5.41, 5.74) is 1.53. The second-order valence-electron chi connectivity index (χ2n) is 3.35. The molecule has 0 N–H and O–H groups in total. The number of hydrogen-bond donors (Lipinski definition) is 0. The predicted octanol–water partition coefficient (Wildman–Crippen LogP) is 3.93. The maximum atomic E-state index is 13.9. The minimum Gasteiger partial charge on any atom is -0.206 e. The van der Waals surface area contributed by atoms with E-state index < -0.39 is 0 Å². The van der Waals surface area contributed by atoms with Gasteiger partial charge in [0.2, 0.25) is 0 Å². The molecule has 0 radical (unpaired) electrons. The van der Waals surface area contributed by atoms with E-state index in [0.29, 0.717) is 10.9 Å². The molecule has 0 spiro atoms. The highest BCUT2D eigenvalue weighted by Crippen LogP contribution is 2.24. The molecule has 0 fully saturated rings. The molecule has 0 unspecified atom stereocenters. The molecule has 0 saturated carbocycles. The molecule has 2 aromatic carbocycles. The van der Waals surface area contributed by atoms with E-state index in [1.165, 1.54) is 0 Å². The van der Waals surface area contributed by atoms with Crippen molar-refractivity contribution < 1.29 is 4.39 Å². The molecular formula is C13H11F. The SMILES string of the molecule is C=Cc1c(C)cc2ccccc2c1F. The maximum absolute atomic E-state index is 13.9. The third-order valence-corrected chi connectivity index (χ3v) is 2.43. The fourth-order valence-corrected chi connectivity index (χ4v) is 1.70. The first-order valence-electron chi connectivity index (χ1n) is 4.54. The average molecular weight is 186 g/mol. The molecule has 0 saturated heterocycles. The second kappa shape index (κ2) is 3.26. The lowest BCUT2D eigenvalue weighted by Crippen LogP contribution is -1.89. The Labute approximate surface area is 82.7 Å². The molecule has 0 heterocycles. The Bertz CT molecular complexity index is 498. The maximum Gasteiger partial charge on any atom is 0.138 e. The van der Waals surface area contributed by atoms with Crippen LogP contribution in [0.2, 0.25) is 0 Å². The number of benzene rings is 2. The van der Waals surface area contributed by atoms with Gasteiger partial charge in [-0.05, 0) is 17.9 Å². The van der Waals surface area contributed by atoms with Crippen molar-refractivity contribution in [2.24, 2.45) is 0 Å². The molecule has 1 heteroatoms. The minimum absolute atomic E-state index is 0.171. The molecule has 0 amide bonds. The van der Waals surface area contributed by atoms with E-state index in [-0.39, 0.29) is 5.82 Å². The number of fused-ring (bicyclic) bond motifs is 1. The lowest BCUT2D eigenvalue weighted by molar-refractivity contribution is 0.636. The summed E-state index contributed by atoms with van der Waals surface area (Å²) in [4.78, 5) is 0. The normalized spacial score (nSPS) is 10.4. The number of aryl methyl sites for hydroxylation is 1. The summed E-state index contributed by atoms with van der Waals surface area (Å²) in [6.07, 6.45) is 1.57. The quantitative estimate of drug-likeness (QED) is 0.633. The Morgan fingerprint density at radius 2 is 2.00 bits per heavy atom. The lowest BCUT2D eigenvalue weighted by atomic mass is 10.0. The zero-order valence-corrected chi connectivity index (χ0v) is 8.05. The highest BCUT2D eigenvalue weighted by Gasteiger charge is 2.07. The van der Waals surface area contributed by atoms with Crippen LogP contribution in [-0.2, 0) is 0 Å². The van der Waals surface area contributed by atoms with Gasteiger partial charge in [0.05, 0.1) is 0 Å². The van der Waals surface area contributed by atoms with Crippen LogP contribution < -0.4 is 0 Å². The third kappa shape index (κ3) is 1.22. The average Bonchev–Trinajstić information content (AvgIpc) is 2.18. The van der Waals surface area contributed by atoms with Gasteiger partial charge in [0.15, 0.2) is 0 Å². The molecule has 14 heavy (non-hydrogen) atoms. The standard InChI is InChI=1S/C13H11F/c1-3-11-9(2)8-10-6-4-5-7-12(10)13(11)14/h3-8H,1H2,2H3. The summed E-state index contributed by atoms with van der Waals surface area (Å²) in [6, 6.07) is 9.44. The van der Waals surface area contributed by atoms with Gasteiger partial charge in [0.25, 0.3) is 0 Å². The highest BCUT2D eigenvalue weighted by molar-refractivity contribution is 5.86. The zero-order chi connectivity index (χ0) is 10.1. The Morgan fingerprint density at radius 3 is 2.71 bits per heavy atom. The van der Waals surface area contributed by atoms with Crippen LogP contribution in [0.5, 0.6) is 0 Å². The van der Waals surface area contributed by atoms with Gasteiger partial charge in [-0.15, -0.1) is 0 Å². The highest BCUT2D eigenvalue weighted by atomic mass is 19.1. The molecule has 2 rings (SSSR count). The van der Waals surface area contributed by atoms with Crippen LogP contribution in [0, 0.1) is 12.7 Å². The molecule has 0 aliphatic rings. The van der Waals surface area contributed by atoms with Crippen molar-refractivity contribution in [2.75, 3.05) is 0 Å². The van der Waals surface area contributed by atoms with E-state index in [9.17, 15) is 4.39 Å².